The first kappa shape index (κ1) is 15.3. The molecular weight excluding hydrogens is 301 g/mol. The van der Waals surface area contributed by atoms with E-state index in [0.717, 1.165) is 43.0 Å². The van der Waals surface area contributed by atoms with E-state index >= 15 is 0 Å². The van der Waals surface area contributed by atoms with Crippen LogP contribution in [0, 0.1) is 11.7 Å². The lowest BCUT2D eigenvalue weighted by molar-refractivity contribution is 0.333. The van der Waals surface area contributed by atoms with Gasteiger partial charge in [0.25, 0.3) is 0 Å². The fourth-order valence-electron chi connectivity index (χ4n) is 3.57. The Hall–Kier alpha value is -2.20. The van der Waals surface area contributed by atoms with Crippen LogP contribution in [0.4, 0.5) is 4.39 Å². The van der Waals surface area contributed by atoms with E-state index in [1.165, 1.54) is 30.5 Å². The van der Waals surface area contributed by atoms with Gasteiger partial charge in [-0.2, -0.15) is 0 Å². The number of nitrogens with one attached hydrogen (secondary N) is 1. The molecule has 0 amide bonds. The van der Waals surface area contributed by atoms with Crippen molar-refractivity contribution in [3.63, 3.8) is 0 Å². The summed E-state index contributed by atoms with van der Waals surface area (Å²) in [5, 5.41) is 3.43. The number of benzene rings is 2. The molecule has 2 aromatic carbocycles. The first-order valence-electron chi connectivity index (χ1n) is 8.69. The summed E-state index contributed by atoms with van der Waals surface area (Å²) in [6.07, 6.45) is 3.16. The van der Waals surface area contributed by atoms with Gasteiger partial charge in [0.05, 0.1) is 11.0 Å². The summed E-state index contributed by atoms with van der Waals surface area (Å²) in [5.74, 6) is 1.57. The van der Waals surface area contributed by atoms with Crippen molar-refractivity contribution in [3.8, 4) is 0 Å². The lowest BCUT2D eigenvalue weighted by Crippen LogP contribution is -2.30. The summed E-state index contributed by atoms with van der Waals surface area (Å²) in [6.45, 7) is 3.22. The van der Waals surface area contributed by atoms with Gasteiger partial charge >= 0.3 is 0 Å². The molecule has 4 rings (SSSR count). The summed E-state index contributed by atoms with van der Waals surface area (Å²) in [5.41, 5.74) is 3.34. The number of halogens is 1. The van der Waals surface area contributed by atoms with Gasteiger partial charge in [0.1, 0.15) is 11.6 Å². The minimum absolute atomic E-state index is 0.193. The number of fused-ring (bicyclic) bond motifs is 1. The third kappa shape index (κ3) is 3.20. The fourth-order valence-corrected chi connectivity index (χ4v) is 3.57. The number of hydrogen-bond donors (Lipinski definition) is 1. The van der Waals surface area contributed by atoms with Crippen molar-refractivity contribution in [2.45, 2.75) is 25.8 Å². The maximum absolute atomic E-state index is 13.2. The number of aromatic nitrogens is 2. The third-order valence-electron chi connectivity index (χ3n) is 4.91. The van der Waals surface area contributed by atoms with Crippen LogP contribution in [0.25, 0.3) is 11.0 Å². The van der Waals surface area contributed by atoms with Gasteiger partial charge in [-0.15, -0.1) is 0 Å². The Balaban J connectivity index is 1.67. The Bertz CT molecular complexity index is 817. The topological polar surface area (TPSA) is 29.9 Å². The summed E-state index contributed by atoms with van der Waals surface area (Å²) < 4.78 is 15.5. The van der Waals surface area contributed by atoms with Crippen LogP contribution in [0.1, 0.15) is 24.2 Å². The molecule has 1 fully saturated rings. The minimum atomic E-state index is -0.193. The van der Waals surface area contributed by atoms with Crippen LogP contribution in [0.3, 0.4) is 0 Å². The lowest BCUT2D eigenvalue weighted by Gasteiger charge is -2.24. The molecule has 3 nitrogen and oxygen atoms in total. The highest BCUT2D eigenvalue weighted by Gasteiger charge is 2.18. The van der Waals surface area contributed by atoms with E-state index in [1.807, 2.05) is 18.2 Å². The zero-order valence-corrected chi connectivity index (χ0v) is 13.7. The molecule has 1 aromatic heterocycles. The van der Waals surface area contributed by atoms with Gasteiger partial charge in [0, 0.05) is 13.0 Å². The molecule has 124 valence electrons. The molecule has 3 aromatic rings. The second-order valence-electron chi connectivity index (χ2n) is 6.62. The summed E-state index contributed by atoms with van der Waals surface area (Å²) >= 11 is 0. The van der Waals surface area contributed by atoms with E-state index in [4.69, 9.17) is 4.98 Å². The van der Waals surface area contributed by atoms with Crippen molar-refractivity contribution in [1.29, 1.82) is 0 Å². The number of imidazole rings is 1. The molecule has 1 aliphatic rings. The Labute approximate surface area is 141 Å². The number of para-hydroxylation sites is 2. The highest BCUT2D eigenvalue weighted by Crippen LogP contribution is 2.23. The van der Waals surface area contributed by atoms with Crippen LogP contribution in [0.15, 0.2) is 48.5 Å². The van der Waals surface area contributed by atoms with Crippen molar-refractivity contribution >= 4 is 11.0 Å². The zero-order chi connectivity index (χ0) is 16.4. The van der Waals surface area contributed by atoms with Gasteiger partial charge in [0.15, 0.2) is 0 Å². The Kier molecular flexibility index (Phi) is 4.30. The molecular formula is C20H22FN3. The van der Waals surface area contributed by atoms with Crippen LogP contribution in [-0.4, -0.2) is 22.6 Å². The molecule has 4 heteroatoms. The molecule has 0 unspecified atom stereocenters. The average molecular weight is 323 g/mol. The van der Waals surface area contributed by atoms with Gasteiger partial charge in [-0.05, 0) is 61.7 Å². The summed E-state index contributed by atoms with van der Waals surface area (Å²) in [7, 11) is 0. The van der Waals surface area contributed by atoms with Crippen molar-refractivity contribution in [2.75, 3.05) is 13.1 Å². The SMILES string of the molecule is Fc1ccc(Cc2nc3ccccc3n2CC2CCNCC2)cc1. The smallest absolute Gasteiger partial charge is 0.123 e. The van der Waals surface area contributed by atoms with Crippen molar-refractivity contribution in [1.82, 2.24) is 14.9 Å². The molecule has 1 aliphatic heterocycles. The monoisotopic (exact) mass is 323 g/mol. The van der Waals surface area contributed by atoms with Crippen LogP contribution >= 0.6 is 0 Å². The normalized spacial score (nSPS) is 15.9. The Morgan fingerprint density at radius 2 is 1.79 bits per heavy atom. The van der Waals surface area contributed by atoms with Gasteiger partial charge in [-0.3, -0.25) is 0 Å². The van der Waals surface area contributed by atoms with Gasteiger partial charge in [-0.1, -0.05) is 24.3 Å². The molecule has 1 saturated heterocycles. The highest BCUT2D eigenvalue weighted by molar-refractivity contribution is 5.76. The van der Waals surface area contributed by atoms with Crippen LogP contribution in [-0.2, 0) is 13.0 Å². The highest BCUT2D eigenvalue weighted by atomic mass is 19.1. The molecule has 0 aliphatic carbocycles. The first-order chi connectivity index (χ1) is 11.8. The van der Waals surface area contributed by atoms with Gasteiger partial charge in [0.2, 0.25) is 0 Å². The summed E-state index contributed by atoms with van der Waals surface area (Å²) in [4.78, 5) is 4.85. The number of rotatable bonds is 4. The molecule has 0 spiro atoms. The Morgan fingerprint density at radius 1 is 1.04 bits per heavy atom. The van der Waals surface area contributed by atoms with Crippen molar-refractivity contribution < 1.29 is 4.39 Å². The van der Waals surface area contributed by atoms with E-state index < -0.39 is 0 Å². The van der Waals surface area contributed by atoms with E-state index in [9.17, 15) is 4.39 Å². The number of nitrogens with zero attached hydrogens (tertiary/aromatic N) is 2. The molecule has 2 heterocycles. The maximum atomic E-state index is 13.2. The van der Waals surface area contributed by atoms with Crippen molar-refractivity contribution in [2.24, 2.45) is 5.92 Å². The quantitative estimate of drug-likeness (QED) is 0.792. The first-order valence-corrected chi connectivity index (χ1v) is 8.69. The summed E-state index contributed by atoms with van der Waals surface area (Å²) in [6, 6.07) is 15.1. The molecule has 0 saturated carbocycles. The van der Waals surface area contributed by atoms with E-state index in [1.54, 1.807) is 0 Å². The minimum Gasteiger partial charge on any atom is -0.327 e. The maximum Gasteiger partial charge on any atom is 0.123 e. The van der Waals surface area contributed by atoms with Crippen LogP contribution < -0.4 is 5.32 Å². The van der Waals surface area contributed by atoms with E-state index in [0.29, 0.717) is 5.92 Å². The third-order valence-corrected chi connectivity index (χ3v) is 4.91. The van der Waals surface area contributed by atoms with Crippen LogP contribution in [0.2, 0.25) is 0 Å². The lowest BCUT2D eigenvalue weighted by atomic mass is 9.98. The number of hydrogen-bond acceptors (Lipinski definition) is 2. The molecule has 1 N–H and O–H groups in total. The largest absolute Gasteiger partial charge is 0.327 e. The van der Waals surface area contributed by atoms with Gasteiger partial charge in [-0.25, -0.2) is 9.37 Å². The Morgan fingerprint density at radius 3 is 2.58 bits per heavy atom. The number of piperidine rings is 1. The van der Waals surface area contributed by atoms with Crippen molar-refractivity contribution in [3.05, 3.63) is 65.7 Å². The zero-order valence-electron chi connectivity index (χ0n) is 13.7. The molecule has 24 heavy (non-hydrogen) atoms. The van der Waals surface area contributed by atoms with Gasteiger partial charge < -0.3 is 9.88 Å². The van der Waals surface area contributed by atoms with E-state index in [2.05, 4.69) is 28.1 Å². The predicted molar refractivity (Wildman–Crippen MR) is 94.5 cm³/mol. The second-order valence-corrected chi connectivity index (χ2v) is 6.62. The van der Waals surface area contributed by atoms with E-state index in [-0.39, 0.29) is 5.82 Å². The molecule has 0 bridgehead atoms. The predicted octanol–water partition coefficient (Wildman–Crippen LogP) is 3.77. The molecule has 0 radical (unpaired) electrons. The fraction of sp³-hybridized carbons (Fsp3) is 0.350. The standard InChI is InChI=1S/C20H22FN3/c21-17-7-5-15(6-8-17)13-20-23-18-3-1-2-4-19(18)24(20)14-16-9-11-22-12-10-16/h1-8,16,22H,9-14H2. The second kappa shape index (κ2) is 6.73. The van der Waals surface area contributed by atoms with Crippen LogP contribution in [0.5, 0.6) is 0 Å². The molecule has 0 atom stereocenters. The average Bonchev–Trinajstić information content (AvgIpc) is 2.95.